The molecule has 0 unspecified atom stereocenters. The Bertz CT molecular complexity index is 1370. The van der Waals surface area contributed by atoms with Crippen LogP contribution in [0.2, 0.25) is 0 Å². The highest BCUT2D eigenvalue weighted by Gasteiger charge is 2.32. The number of nitrogens with zero attached hydrogens (tertiary/aromatic N) is 1. The van der Waals surface area contributed by atoms with E-state index in [1.165, 1.54) is 19.8 Å². The number of methoxy groups -OCH3 is 2. The van der Waals surface area contributed by atoms with E-state index in [9.17, 15) is 22.0 Å². The SMILES string of the molecule is COc1cc2c(cc1OC)C(CCc1ccc(C(C)(C)C)cc1)=[N+](Cc1c(F)c(F)c(F)c(F)c1F)CC2.[Cl-]. The summed E-state index contributed by atoms with van der Waals surface area (Å²) in [6, 6.07) is 11.9. The summed E-state index contributed by atoms with van der Waals surface area (Å²) >= 11 is 0. The van der Waals surface area contributed by atoms with E-state index in [2.05, 4.69) is 32.9 Å². The molecule has 39 heavy (non-hydrogen) atoms. The molecule has 0 N–H and O–H groups in total. The van der Waals surface area contributed by atoms with E-state index >= 15 is 0 Å². The van der Waals surface area contributed by atoms with Crippen LogP contribution in [-0.4, -0.2) is 31.1 Å². The first-order valence-electron chi connectivity index (χ1n) is 12.4. The van der Waals surface area contributed by atoms with Crippen LogP contribution in [0.5, 0.6) is 11.5 Å². The molecule has 0 amide bonds. The fraction of sp³-hybridized carbons (Fsp3) is 0.367. The number of fused-ring (bicyclic) bond motifs is 1. The van der Waals surface area contributed by atoms with Crippen molar-refractivity contribution in [1.29, 1.82) is 0 Å². The molecule has 3 nitrogen and oxygen atoms in total. The zero-order chi connectivity index (χ0) is 27.8. The summed E-state index contributed by atoms with van der Waals surface area (Å²) in [5.41, 5.74) is 3.90. The maximum Gasteiger partial charge on any atom is 0.200 e. The Morgan fingerprint density at radius 1 is 0.769 bits per heavy atom. The van der Waals surface area contributed by atoms with Gasteiger partial charge >= 0.3 is 0 Å². The highest BCUT2D eigenvalue weighted by Crippen LogP contribution is 2.34. The van der Waals surface area contributed by atoms with Crippen molar-refractivity contribution < 1.29 is 48.4 Å². The van der Waals surface area contributed by atoms with Gasteiger partial charge in [0.05, 0.1) is 19.8 Å². The van der Waals surface area contributed by atoms with Crippen LogP contribution in [0.1, 0.15) is 55.0 Å². The molecule has 4 rings (SSSR count). The van der Waals surface area contributed by atoms with Gasteiger partial charge in [0.1, 0.15) is 6.54 Å². The third-order valence-corrected chi connectivity index (χ3v) is 7.07. The van der Waals surface area contributed by atoms with Gasteiger partial charge in [-0.25, -0.2) is 26.5 Å². The second-order valence-corrected chi connectivity index (χ2v) is 10.5. The molecule has 0 saturated carbocycles. The number of halogens is 6. The summed E-state index contributed by atoms with van der Waals surface area (Å²) in [4.78, 5) is 0. The summed E-state index contributed by atoms with van der Waals surface area (Å²) in [7, 11) is 3.05. The largest absolute Gasteiger partial charge is 1.00 e. The number of hydrogen-bond acceptors (Lipinski definition) is 2. The first-order chi connectivity index (χ1) is 18.0. The van der Waals surface area contributed by atoms with Crippen molar-refractivity contribution in [3.63, 3.8) is 0 Å². The predicted octanol–water partition coefficient (Wildman–Crippen LogP) is 3.89. The first-order valence-corrected chi connectivity index (χ1v) is 12.4. The van der Waals surface area contributed by atoms with Crippen molar-refractivity contribution >= 4 is 5.71 Å². The monoisotopic (exact) mass is 567 g/mol. The van der Waals surface area contributed by atoms with E-state index in [4.69, 9.17) is 9.47 Å². The minimum absolute atomic E-state index is 0. The molecule has 0 atom stereocenters. The molecule has 1 aliphatic rings. The van der Waals surface area contributed by atoms with Crippen molar-refractivity contribution in [2.75, 3.05) is 20.8 Å². The topological polar surface area (TPSA) is 21.5 Å². The Balaban J connectivity index is 0.00000420. The van der Waals surface area contributed by atoms with Gasteiger partial charge in [0.15, 0.2) is 47.0 Å². The minimum atomic E-state index is -2.16. The molecule has 1 heterocycles. The number of aryl methyl sites for hydroxylation is 1. The third kappa shape index (κ3) is 6.06. The van der Waals surface area contributed by atoms with Crippen LogP contribution in [0, 0.1) is 29.1 Å². The van der Waals surface area contributed by atoms with E-state index < -0.39 is 41.2 Å². The Labute approximate surface area is 231 Å². The summed E-state index contributed by atoms with van der Waals surface area (Å²) in [6.45, 7) is 6.28. The molecule has 9 heteroatoms. The molecular weight excluding hydrogens is 537 g/mol. The number of ether oxygens (including phenoxy) is 2. The molecule has 0 aromatic heterocycles. The molecule has 0 saturated heterocycles. The Morgan fingerprint density at radius 2 is 1.31 bits per heavy atom. The van der Waals surface area contributed by atoms with Crippen molar-refractivity contribution in [2.24, 2.45) is 0 Å². The second kappa shape index (κ2) is 11.9. The minimum Gasteiger partial charge on any atom is -1.00 e. The van der Waals surface area contributed by atoms with E-state index in [0.717, 1.165) is 22.4 Å². The van der Waals surface area contributed by atoms with Gasteiger partial charge in [-0.15, -0.1) is 0 Å². The lowest BCUT2D eigenvalue weighted by Gasteiger charge is -2.22. The molecule has 0 fully saturated rings. The van der Waals surface area contributed by atoms with E-state index in [1.54, 1.807) is 10.6 Å². The maximum absolute atomic E-state index is 14.6. The average Bonchev–Trinajstić information content (AvgIpc) is 2.91. The van der Waals surface area contributed by atoms with Gasteiger partial charge in [0.2, 0.25) is 5.82 Å². The average molecular weight is 568 g/mol. The lowest BCUT2D eigenvalue weighted by atomic mass is 9.86. The van der Waals surface area contributed by atoms with Crippen LogP contribution in [0.4, 0.5) is 22.0 Å². The van der Waals surface area contributed by atoms with Gasteiger partial charge in [-0.3, -0.25) is 0 Å². The Kier molecular flexibility index (Phi) is 9.31. The molecule has 0 bridgehead atoms. The quantitative estimate of drug-likeness (QED) is 0.187. The van der Waals surface area contributed by atoms with E-state index in [1.807, 2.05) is 18.2 Å². The lowest BCUT2D eigenvalue weighted by Crippen LogP contribution is -3.00. The molecular formula is C30H31ClF5NO2. The summed E-state index contributed by atoms with van der Waals surface area (Å²) in [5, 5.41) is 0. The Hall–Kier alpha value is -3.13. The fourth-order valence-electron chi connectivity index (χ4n) is 4.84. The second-order valence-electron chi connectivity index (χ2n) is 10.5. The van der Waals surface area contributed by atoms with Crippen molar-refractivity contribution in [3.05, 3.63) is 93.3 Å². The maximum atomic E-state index is 14.6. The molecule has 0 aliphatic carbocycles. The number of benzene rings is 3. The predicted molar refractivity (Wildman–Crippen MR) is 136 cm³/mol. The van der Waals surface area contributed by atoms with E-state index in [-0.39, 0.29) is 17.8 Å². The van der Waals surface area contributed by atoms with E-state index in [0.29, 0.717) is 37.3 Å². The highest BCUT2D eigenvalue weighted by molar-refractivity contribution is 5.99. The van der Waals surface area contributed by atoms with Gasteiger partial charge in [-0.2, -0.15) is 0 Å². The Morgan fingerprint density at radius 3 is 1.85 bits per heavy atom. The summed E-state index contributed by atoms with van der Waals surface area (Å²) < 4.78 is 83.3. The van der Waals surface area contributed by atoms with Gasteiger partial charge in [0, 0.05) is 18.4 Å². The van der Waals surface area contributed by atoms with Crippen LogP contribution < -0.4 is 21.9 Å². The van der Waals surface area contributed by atoms with Crippen LogP contribution >= 0.6 is 0 Å². The normalized spacial score (nSPS) is 13.2. The van der Waals surface area contributed by atoms with Crippen LogP contribution in [0.25, 0.3) is 0 Å². The standard InChI is InChI=1S/C30H31F5NO2.ClH/c1-30(2,3)19-9-6-17(7-10-19)8-11-22-20-15-24(38-5)23(37-4)14-18(20)12-13-36(22)16-21-25(31)27(33)29(35)28(34)26(21)32;/h6-7,9-10,14-15H,8,11-13,16H2,1-5H3;1H/q+1;/p-1. The third-order valence-electron chi connectivity index (χ3n) is 7.07. The molecule has 210 valence electrons. The van der Waals surface area contributed by atoms with Crippen LogP contribution in [-0.2, 0) is 24.8 Å². The molecule has 3 aromatic carbocycles. The molecule has 0 spiro atoms. The fourth-order valence-corrected chi connectivity index (χ4v) is 4.84. The van der Waals surface area contributed by atoms with Gasteiger partial charge in [-0.05, 0) is 40.7 Å². The van der Waals surface area contributed by atoms with Gasteiger partial charge < -0.3 is 21.9 Å². The van der Waals surface area contributed by atoms with Crippen molar-refractivity contribution in [1.82, 2.24) is 0 Å². The molecule has 0 radical (unpaired) electrons. The van der Waals surface area contributed by atoms with Gasteiger partial charge in [0.25, 0.3) is 0 Å². The van der Waals surface area contributed by atoms with Crippen LogP contribution in [0.3, 0.4) is 0 Å². The number of hydrogen-bond donors (Lipinski definition) is 0. The summed E-state index contributed by atoms with van der Waals surface area (Å²) in [5.74, 6) is -8.62. The summed E-state index contributed by atoms with van der Waals surface area (Å²) in [6.07, 6.45) is 1.59. The molecule has 3 aromatic rings. The smallest absolute Gasteiger partial charge is 0.200 e. The van der Waals surface area contributed by atoms with Crippen LogP contribution in [0.15, 0.2) is 36.4 Å². The first kappa shape index (κ1) is 30.4. The number of rotatable bonds is 7. The zero-order valence-corrected chi connectivity index (χ0v) is 23.3. The van der Waals surface area contributed by atoms with Crippen molar-refractivity contribution in [3.8, 4) is 11.5 Å². The molecule has 1 aliphatic heterocycles. The van der Waals surface area contributed by atoms with Gasteiger partial charge in [-0.1, -0.05) is 45.0 Å². The lowest BCUT2D eigenvalue weighted by molar-refractivity contribution is -0.546. The van der Waals surface area contributed by atoms with Crippen molar-refractivity contribution in [2.45, 2.75) is 52.0 Å². The zero-order valence-electron chi connectivity index (χ0n) is 22.5. The highest BCUT2D eigenvalue weighted by atomic mass is 35.5.